The number of benzene rings is 1. The monoisotopic (exact) mass is 559 g/mol. The molecule has 1 aromatic rings. The summed E-state index contributed by atoms with van der Waals surface area (Å²) in [6.07, 6.45) is 9.52. The van der Waals surface area contributed by atoms with E-state index >= 15 is 0 Å². The van der Waals surface area contributed by atoms with Crippen molar-refractivity contribution in [3.63, 3.8) is 0 Å². The van der Waals surface area contributed by atoms with Gasteiger partial charge in [-0.2, -0.15) is 0 Å². The molecule has 2 aliphatic carbocycles. The number of unbranched alkanes of at least 4 members (excludes halogenated alkanes) is 5. The van der Waals surface area contributed by atoms with Gasteiger partial charge in [-0.15, -0.1) is 0 Å². The summed E-state index contributed by atoms with van der Waals surface area (Å²) >= 11 is 13.5. The number of carbonyl (C=O) groups excluding carboxylic acids is 2. The average molecular weight is 561 g/mol. The van der Waals surface area contributed by atoms with Crippen LogP contribution in [0.3, 0.4) is 0 Å². The number of Topliss-reactive ketones (excluding diaryl/α,β-unsaturated/α-hetero) is 2. The topological polar surface area (TPSA) is 46.6 Å². The van der Waals surface area contributed by atoms with Crippen molar-refractivity contribution in [3.05, 3.63) is 50.3 Å². The highest BCUT2D eigenvalue weighted by atomic mass is 35.5. The highest BCUT2D eigenvalue weighted by molar-refractivity contribution is 6.37. The van der Waals surface area contributed by atoms with Crippen molar-refractivity contribution in [2.45, 2.75) is 105 Å². The van der Waals surface area contributed by atoms with Crippen molar-refractivity contribution >= 4 is 34.8 Å². The van der Waals surface area contributed by atoms with Crippen LogP contribution in [0.15, 0.2) is 34.7 Å². The van der Waals surface area contributed by atoms with Gasteiger partial charge in [0.05, 0.1) is 16.7 Å². The number of allylic oxidation sites excluding steroid dienone is 4. The Morgan fingerprint density at radius 2 is 1.29 bits per heavy atom. The van der Waals surface area contributed by atoms with Crippen molar-refractivity contribution in [3.8, 4) is 5.75 Å². The summed E-state index contributed by atoms with van der Waals surface area (Å²) in [6, 6.07) is 3.71. The molecular formula is C32H43Cl2NO3. The summed E-state index contributed by atoms with van der Waals surface area (Å²) < 4.78 is 6.01. The second-order valence-electron chi connectivity index (χ2n) is 13.0. The third-order valence-corrected chi connectivity index (χ3v) is 8.84. The summed E-state index contributed by atoms with van der Waals surface area (Å²) in [5, 5.41) is 0.850. The Balaban J connectivity index is 1.70. The second kappa shape index (κ2) is 11.4. The molecule has 4 nitrogen and oxygen atoms in total. The first-order valence-corrected chi connectivity index (χ1v) is 15.0. The van der Waals surface area contributed by atoms with E-state index < -0.39 is 5.92 Å². The van der Waals surface area contributed by atoms with Crippen LogP contribution < -0.4 is 4.74 Å². The molecule has 0 saturated heterocycles. The average Bonchev–Trinajstić information content (AvgIpc) is 2.80. The van der Waals surface area contributed by atoms with Gasteiger partial charge < -0.3 is 9.64 Å². The molecule has 0 saturated carbocycles. The number of rotatable bonds is 9. The maximum absolute atomic E-state index is 13.7. The Morgan fingerprint density at radius 3 is 1.79 bits per heavy atom. The molecular weight excluding hydrogens is 517 g/mol. The van der Waals surface area contributed by atoms with E-state index in [1.165, 1.54) is 25.7 Å². The second-order valence-corrected chi connectivity index (χ2v) is 13.8. The lowest BCUT2D eigenvalue weighted by molar-refractivity contribution is -0.119. The van der Waals surface area contributed by atoms with Crippen LogP contribution >= 0.6 is 23.2 Å². The van der Waals surface area contributed by atoms with E-state index in [2.05, 4.69) is 39.5 Å². The molecule has 0 bridgehead atoms. The summed E-state index contributed by atoms with van der Waals surface area (Å²) in [5.41, 5.74) is 4.03. The van der Waals surface area contributed by atoms with E-state index in [0.717, 1.165) is 53.8 Å². The van der Waals surface area contributed by atoms with Gasteiger partial charge in [0.25, 0.3) is 0 Å². The molecule has 0 unspecified atom stereocenters. The Bertz CT molecular complexity index is 1100. The first-order valence-electron chi connectivity index (χ1n) is 14.2. The van der Waals surface area contributed by atoms with Crippen molar-refractivity contribution in [2.24, 2.45) is 10.8 Å². The molecule has 0 atom stereocenters. The van der Waals surface area contributed by atoms with Crippen LogP contribution in [0.5, 0.6) is 5.75 Å². The third kappa shape index (κ3) is 6.02. The Labute approximate surface area is 238 Å². The number of hydrogen-bond donors (Lipinski definition) is 0. The zero-order valence-corrected chi connectivity index (χ0v) is 25.4. The van der Waals surface area contributed by atoms with E-state index in [4.69, 9.17) is 27.9 Å². The van der Waals surface area contributed by atoms with Crippen molar-refractivity contribution < 1.29 is 14.3 Å². The smallest absolute Gasteiger partial charge is 0.162 e. The lowest BCUT2D eigenvalue weighted by Gasteiger charge is -2.48. The molecule has 38 heavy (non-hydrogen) atoms. The molecule has 1 aromatic carbocycles. The van der Waals surface area contributed by atoms with Gasteiger partial charge in [0.15, 0.2) is 17.3 Å². The van der Waals surface area contributed by atoms with Crippen molar-refractivity contribution in [1.82, 2.24) is 4.90 Å². The standard InChI is InChI=1S/C32H43Cl2NO3/c1-7-8-9-10-11-12-13-38-30-21(33)14-20(15-22(30)34)27-28-23(16-31(2,3)18-25(28)36)35(6)24-17-32(4,5)19-26(37)29(24)27/h14-15,27H,7-13,16-19H2,1-6H3. The van der Waals surface area contributed by atoms with Crippen LogP contribution in [0.4, 0.5) is 0 Å². The largest absolute Gasteiger partial charge is 0.490 e. The fourth-order valence-corrected chi connectivity index (χ4v) is 7.05. The summed E-state index contributed by atoms with van der Waals surface area (Å²) in [7, 11) is 2.02. The van der Waals surface area contributed by atoms with Crippen LogP contribution in [0.2, 0.25) is 10.0 Å². The Hall–Kier alpha value is -1.78. The van der Waals surface area contributed by atoms with Crippen molar-refractivity contribution in [1.29, 1.82) is 0 Å². The van der Waals surface area contributed by atoms with Gasteiger partial charge in [0, 0.05) is 48.3 Å². The van der Waals surface area contributed by atoms with Crippen LogP contribution in [-0.2, 0) is 9.59 Å². The van der Waals surface area contributed by atoms with Crippen LogP contribution in [-0.4, -0.2) is 30.1 Å². The number of ether oxygens (including phenoxy) is 1. The molecule has 0 aromatic heterocycles. The molecule has 0 fully saturated rings. The number of carbonyl (C=O) groups is 2. The third-order valence-electron chi connectivity index (χ3n) is 8.28. The Kier molecular flexibility index (Phi) is 8.74. The van der Waals surface area contributed by atoms with Gasteiger partial charge in [-0.25, -0.2) is 0 Å². The summed E-state index contributed by atoms with van der Waals surface area (Å²) in [5.74, 6) is 0.237. The van der Waals surface area contributed by atoms with Gasteiger partial charge in [-0.05, 0) is 47.8 Å². The molecule has 0 N–H and O–H groups in total. The van der Waals surface area contributed by atoms with Gasteiger partial charge in [0.1, 0.15) is 0 Å². The van der Waals surface area contributed by atoms with E-state index in [1.807, 2.05) is 19.2 Å². The summed E-state index contributed by atoms with van der Waals surface area (Å²) in [6.45, 7) is 11.3. The SMILES string of the molecule is CCCCCCCCOc1c(Cl)cc(C2C3=C(CC(C)(C)CC3=O)N(C)C3=C2C(=O)CC(C)(C)C3)cc1Cl. The normalized spacial score (nSPS) is 21.1. The Morgan fingerprint density at radius 1 is 0.816 bits per heavy atom. The number of ketones is 2. The zero-order chi connectivity index (χ0) is 27.8. The zero-order valence-electron chi connectivity index (χ0n) is 23.9. The highest BCUT2D eigenvalue weighted by Crippen LogP contribution is 2.54. The number of hydrogen-bond acceptors (Lipinski definition) is 4. The van der Waals surface area contributed by atoms with E-state index in [0.29, 0.717) is 35.2 Å². The molecule has 208 valence electrons. The van der Waals surface area contributed by atoms with E-state index in [1.54, 1.807) is 0 Å². The maximum atomic E-state index is 13.7. The molecule has 4 rings (SSSR count). The quantitative estimate of drug-likeness (QED) is 0.283. The minimum Gasteiger partial charge on any atom is -0.490 e. The first-order chi connectivity index (χ1) is 17.8. The minimum atomic E-state index is -0.453. The van der Waals surface area contributed by atoms with Crippen LogP contribution in [0, 0.1) is 10.8 Å². The van der Waals surface area contributed by atoms with Gasteiger partial charge >= 0.3 is 0 Å². The van der Waals surface area contributed by atoms with Crippen LogP contribution in [0.1, 0.15) is 110 Å². The minimum absolute atomic E-state index is 0.105. The lowest BCUT2D eigenvalue weighted by atomic mass is 9.64. The van der Waals surface area contributed by atoms with Crippen LogP contribution in [0.25, 0.3) is 0 Å². The molecule has 6 heteroatoms. The van der Waals surface area contributed by atoms with E-state index in [9.17, 15) is 9.59 Å². The number of halogens is 2. The predicted molar refractivity (Wildman–Crippen MR) is 156 cm³/mol. The van der Waals surface area contributed by atoms with Gasteiger partial charge in [0.2, 0.25) is 0 Å². The lowest BCUT2D eigenvalue weighted by Crippen LogP contribution is -2.43. The fraction of sp³-hybridized carbons (Fsp3) is 0.625. The molecule has 3 aliphatic rings. The van der Waals surface area contributed by atoms with Gasteiger partial charge in [-0.3, -0.25) is 9.59 Å². The molecule has 1 heterocycles. The fourth-order valence-electron chi connectivity index (χ4n) is 6.44. The molecule has 0 radical (unpaired) electrons. The molecule has 0 amide bonds. The van der Waals surface area contributed by atoms with Gasteiger partial charge in [-0.1, -0.05) is 89.9 Å². The number of nitrogens with zero attached hydrogens (tertiary/aromatic N) is 1. The summed E-state index contributed by atoms with van der Waals surface area (Å²) in [4.78, 5) is 29.5. The highest BCUT2D eigenvalue weighted by Gasteiger charge is 2.48. The predicted octanol–water partition coefficient (Wildman–Crippen LogP) is 9.05. The first kappa shape index (κ1) is 29.2. The molecule has 1 aliphatic heterocycles. The molecule has 0 spiro atoms. The van der Waals surface area contributed by atoms with Crippen molar-refractivity contribution in [2.75, 3.05) is 13.7 Å². The maximum Gasteiger partial charge on any atom is 0.162 e. The van der Waals surface area contributed by atoms with E-state index in [-0.39, 0.29) is 22.4 Å².